The summed E-state index contributed by atoms with van der Waals surface area (Å²) >= 11 is 0. The molecule has 1 rings (SSSR count). The predicted molar refractivity (Wildman–Crippen MR) is 63.9 cm³/mol. The summed E-state index contributed by atoms with van der Waals surface area (Å²) < 4.78 is 0. The van der Waals surface area contributed by atoms with Crippen LogP contribution in [-0.4, -0.2) is 4.98 Å². The number of hydrogen-bond acceptors (Lipinski definition) is 2. The molecule has 0 bridgehead atoms. The highest BCUT2D eigenvalue weighted by molar-refractivity contribution is 5.42. The fourth-order valence-corrected chi connectivity index (χ4v) is 1.42. The zero-order valence-electron chi connectivity index (χ0n) is 10.5. The average Bonchev–Trinajstić information content (AvgIpc) is 2.24. The molecule has 1 aromatic heterocycles. The van der Waals surface area contributed by atoms with Crippen molar-refractivity contribution in [3.63, 3.8) is 0 Å². The van der Waals surface area contributed by atoms with Crippen LogP contribution in [0.4, 0.5) is 0 Å². The summed E-state index contributed by atoms with van der Waals surface area (Å²) in [7, 11) is 0. The van der Waals surface area contributed by atoms with Crippen molar-refractivity contribution in [1.82, 2.24) is 4.98 Å². The van der Waals surface area contributed by atoms with Crippen molar-refractivity contribution in [2.24, 2.45) is 0 Å². The molecule has 0 spiro atoms. The monoisotopic (exact) mass is 204 g/mol. The minimum Gasteiger partial charge on any atom is -0.259 e. The molecule has 0 aliphatic heterocycles. The van der Waals surface area contributed by atoms with E-state index in [0.717, 1.165) is 16.8 Å². The molecule has 0 amide bonds. The highest BCUT2D eigenvalue weighted by Crippen LogP contribution is 2.20. The second kappa shape index (κ2) is 6.19. The van der Waals surface area contributed by atoms with Crippen LogP contribution >= 0.6 is 0 Å². The molecule has 0 aromatic carbocycles. The minimum atomic E-state index is 0.423. The minimum absolute atomic E-state index is 0.423. The maximum Gasteiger partial charge on any atom is 0.101 e. The van der Waals surface area contributed by atoms with Gasteiger partial charge in [0.15, 0.2) is 0 Å². The highest BCUT2D eigenvalue weighted by Gasteiger charge is 2.09. The first-order valence-corrected chi connectivity index (χ1v) is 5.44. The molecule has 0 saturated carbocycles. The van der Waals surface area contributed by atoms with Gasteiger partial charge in [-0.1, -0.05) is 27.7 Å². The number of nitrogens with zero attached hydrogens (tertiary/aromatic N) is 2. The lowest BCUT2D eigenvalue weighted by Gasteiger charge is -2.11. The van der Waals surface area contributed by atoms with E-state index in [0.29, 0.717) is 11.5 Å². The standard InChI is InChI=1S/C11H14N2.C2H6/c1-7(2)11-9(4)8(3)10(5-12)6-13-11;1-2/h6-7H,1-4H3;1-2H3. The van der Waals surface area contributed by atoms with Gasteiger partial charge in [0.05, 0.1) is 5.56 Å². The van der Waals surface area contributed by atoms with Gasteiger partial charge in [-0.3, -0.25) is 4.98 Å². The second-order valence-electron chi connectivity index (χ2n) is 3.57. The third-order valence-electron chi connectivity index (χ3n) is 2.35. The van der Waals surface area contributed by atoms with Crippen LogP contribution in [0.3, 0.4) is 0 Å². The van der Waals surface area contributed by atoms with Crippen molar-refractivity contribution < 1.29 is 0 Å². The molecular formula is C13H20N2. The van der Waals surface area contributed by atoms with E-state index in [-0.39, 0.29) is 0 Å². The molecule has 1 aromatic rings. The Morgan fingerprint density at radius 1 is 1.20 bits per heavy atom. The number of rotatable bonds is 1. The van der Waals surface area contributed by atoms with Gasteiger partial charge in [0.1, 0.15) is 6.07 Å². The van der Waals surface area contributed by atoms with Gasteiger partial charge in [0, 0.05) is 11.9 Å². The van der Waals surface area contributed by atoms with Crippen LogP contribution in [0.5, 0.6) is 0 Å². The van der Waals surface area contributed by atoms with Crippen molar-refractivity contribution in [2.45, 2.75) is 47.5 Å². The second-order valence-corrected chi connectivity index (χ2v) is 3.57. The Morgan fingerprint density at radius 2 is 1.73 bits per heavy atom. The summed E-state index contributed by atoms with van der Waals surface area (Å²) in [6.45, 7) is 12.2. The summed E-state index contributed by atoms with van der Waals surface area (Å²) in [6.07, 6.45) is 1.66. The molecule has 1 heterocycles. The summed E-state index contributed by atoms with van der Waals surface area (Å²) in [5.41, 5.74) is 3.98. The van der Waals surface area contributed by atoms with Crippen LogP contribution in [-0.2, 0) is 0 Å². The number of pyridine rings is 1. The first-order valence-electron chi connectivity index (χ1n) is 5.44. The fourth-order valence-electron chi connectivity index (χ4n) is 1.42. The van der Waals surface area contributed by atoms with E-state index in [2.05, 4.69) is 24.9 Å². The van der Waals surface area contributed by atoms with Gasteiger partial charge in [0.2, 0.25) is 0 Å². The lowest BCUT2D eigenvalue weighted by Crippen LogP contribution is -2.00. The van der Waals surface area contributed by atoms with E-state index in [1.165, 1.54) is 0 Å². The largest absolute Gasteiger partial charge is 0.259 e. The van der Waals surface area contributed by atoms with Crippen LogP contribution in [0.25, 0.3) is 0 Å². The summed E-state index contributed by atoms with van der Waals surface area (Å²) in [6, 6.07) is 2.14. The van der Waals surface area contributed by atoms with Crippen molar-refractivity contribution in [3.8, 4) is 6.07 Å². The molecule has 2 heteroatoms. The molecule has 2 nitrogen and oxygen atoms in total. The van der Waals surface area contributed by atoms with E-state index in [1.807, 2.05) is 27.7 Å². The maximum absolute atomic E-state index is 8.78. The van der Waals surface area contributed by atoms with Crippen LogP contribution in [0, 0.1) is 25.2 Å². The van der Waals surface area contributed by atoms with Crippen molar-refractivity contribution in [1.29, 1.82) is 5.26 Å². The first-order chi connectivity index (χ1) is 7.07. The van der Waals surface area contributed by atoms with Crippen LogP contribution < -0.4 is 0 Å². The lowest BCUT2D eigenvalue weighted by molar-refractivity contribution is 0.807. The van der Waals surface area contributed by atoms with E-state index in [9.17, 15) is 0 Å². The zero-order chi connectivity index (χ0) is 12.0. The Balaban J connectivity index is 0.000000921. The predicted octanol–water partition coefficient (Wildman–Crippen LogP) is 3.72. The summed E-state index contributed by atoms with van der Waals surface area (Å²) in [5.74, 6) is 0.423. The van der Waals surface area contributed by atoms with Crippen LogP contribution in [0.1, 0.15) is 56.0 Å². The zero-order valence-corrected chi connectivity index (χ0v) is 10.5. The maximum atomic E-state index is 8.78. The third kappa shape index (κ3) is 3.06. The molecule has 0 radical (unpaired) electrons. The van der Waals surface area contributed by atoms with Gasteiger partial charge in [-0.15, -0.1) is 0 Å². The van der Waals surface area contributed by atoms with Crippen molar-refractivity contribution in [3.05, 3.63) is 28.6 Å². The smallest absolute Gasteiger partial charge is 0.101 e. The van der Waals surface area contributed by atoms with Gasteiger partial charge in [0.25, 0.3) is 0 Å². The van der Waals surface area contributed by atoms with Gasteiger partial charge < -0.3 is 0 Å². The lowest BCUT2D eigenvalue weighted by atomic mass is 9.98. The molecule has 82 valence electrons. The van der Waals surface area contributed by atoms with Crippen LogP contribution in [0.15, 0.2) is 6.20 Å². The van der Waals surface area contributed by atoms with E-state index in [4.69, 9.17) is 5.26 Å². The van der Waals surface area contributed by atoms with Crippen molar-refractivity contribution >= 4 is 0 Å². The first kappa shape index (κ1) is 13.6. The molecule has 0 N–H and O–H groups in total. The van der Waals surface area contributed by atoms with Gasteiger partial charge in [-0.25, -0.2) is 0 Å². The quantitative estimate of drug-likeness (QED) is 0.699. The number of aromatic nitrogens is 1. The van der Waals surface area contributed by atoms with E-state index in [1.54, 1.807) is 6.20 Å². The topological polar surface area (TPSA) is 36.7 Å². The van der Waals surface area contributed by atoms with Gasteiger partial charge in [-0.2, -0.15) is 5.26 Å². The molecule has 15 heavy (non-hydrogen) atoms. The Morgan fingerprint density at radius 3 is 2.13 bits per heavy atom. The molecular weight excluding hydrogens is 184 g/mol. The van der Waals surface area contributed by atoms with Crippen molar-refractivity contribution in [2.75, 3.05) is 0 Å². The SMILES string of the molecule is CC.Cc1c(C#N)cnc(C(C)C)c1C. The molecule has 0 saturated heterocycles. The normalized spacial score (nSPS) is 9.20. The third-order valence-corrected chi connectivity index (χ3v) is 2.35. The van der Waals surface area contributed by atoms with Gasteiger partial charge in [-0.05, 0) is 30.9 Å². The summed E-state index contributed by atoms with van der Waals surface area (Å²) in [4.78, 5) is 4.29. The fraction of sp³-hybridized carbons (Fsp3) is 0.538. The van der Waals surface area contributed by atoms with Gasteiger partial charge >= 0.3 is 0 Å². The van der Waals surface area contributed by atoms with E-state index < -0.39 is 0 Å². The Kier molecular flexibility index (Phi) is 5.62. The number of nitriles is 1. The molecule has 0 atom stereocenters. The molecule has 0 fully saturated rings. The Labute approximate surface area is 93.0 Å². The average molecular weight is 204 g/mol. The molecule has 0 unspecified atom stereocenters. The van der Waals surface area contributed by atoms with E-state index >= 15 is 0 Å². The number of hydrogen-bond donors (Lipinski definition) is 0. The highest BCUT2D eigenvalue weighted by atomic mass is 14.7. The Hall–Kier alpha value is -1.36. The molecule has 0 aliphatic rings. The van der Waals surface area contributed by atoms with Crippen LogP contribution in [0.2, 0.25) is 0 Å². The Bertz CT molecular complexity index is 360. The summed E-state index contributed by atoms with van der Waals surface area (Å²) in [5, 5.41) is 8.78. The molecule has 0 aliphatic carbocycles.